The molecule has 118 valence electrons. The Morgan fingerprint density at radius 1 is 1.18 bits per heavy atom. The Hall–Kier alpha value is -2.02. The van der Waals surface area contributed by atoms with Gasteiger partial charge < -0.3 is 4.74 Å². The predicted octanol–water partition coefficient (Wildman–Crippen LogP) is 1.02. The van der Waals surface area contributed by atoms with Crippen LogP contribution in [-0.4, -0.2) is 48.9 Å². The number of rotatable bonds is 3. The second-order valence-electron chi connectivity index (χ2n) is 5.68. The molecule has 2 saturated heterocycles. The van der Waals surface area contributed by atoms with Crippen LogP contribution < -0.4 is 4.74 Å². The highest BCUT2D eigenvalue weighted by Gasteiger charge is 2.50. The average molecular weight is 310 g/mol. The number of likely N-dealkylation sites (tertiary alicyclic amines) is 2. The van der Waals surface area contributed by atoms with Gasteiger partial charge in [-0.15, -0.1) is 0 Å². The molecule has 0 N–H and O–H groups in total. The van der Waals surface area contributed by atoms with E-state index in [1.807, 2.05) is 0 Å². The second kappa shape index (κ2) is 5.31. The fourth-order valence-electron chi connectivity index (χ4n) is 3.26. The van der Waals surface area contributed by atoms with Gasteiger partial charge in [-0.05, 0) is 12.1 Å². The minimum atomic E-state index is -0.953. The highest BCUT2D eigenvalue weighted by atomic mass is 19.2. The van der Waals surface area contributed by atoms with E-state index in [2.05, 4.69) is 0 Å². The van der Waals surface area contributed by atoms with Gasteiger partial charge in [0.05, 0.1) is 18.9 Å². The summed E-state index contributed by atoms with van der Waals surface area (Å²) < 4.78 is 32.5. The number of methoxy groups -OCH3 is 1. The fraction of sp³-hybridized carbons (Fsp3) is 0.467. The van der Waals surface area contributed by atoms with Crippen LogP contribution in [0.3, 0.4) is 0 Å². The fourth-order valence-corrected chi connectivity index (χ4v) is 3.26. The van der Waals surface area contributed by atoms with Gasteiger partial charge in [0.25, 0.3) is 0 Å². The molecule has 0 aliphatic carbocycles. The van der Waals surface area contributed by atoms with Crippen LogP contribution in [0.5, 0.6) is 5.75 Å². The topological polar surface area (TPSA) is 49.9 Å². The first kappa shape index (κ1) is 14.9. The summed E-state index contributed by atoms with van der Waals surface area (Å²) in [5, 5.41) is 0. The smallest absolute Gasteiger partial charge is 0.234 e. The highest BCUT2D eigenvalue weighted by Crippen LogP contribution is 2.34. The van der Waals surface area contributed by atoms with Crippen molar-refractivity contribution in [3.05, 3.63) is 29.3 Å². The van der Waals surface area contributed by atoms with Crippen molar-refractivity contribution in [2.75, 3.05) is 27.2 Å². The van der Waals surface area contributed by atoms with Gasteiger partial charge in [-0.2, -0.15) is 0 Å². The summed E-state index contributed by atoms with van der Waals surface area (Å²) in [5.41, 5.74) is 0.107. The Labute approximate surface area is 126 Å². The lowest BCUT2D eigenvalue weighted by Crippen LogP contribution is -2.33. The van der Waals surface area contributed by atoms with Gasteiger partial charge in [0.15, 0.2) is 11.6 Å². The maximum absolute atomic E-state index is 14.0. The van der Waals surface area contributed by atoms with Crippen LogP contribution in [-0.2, 0) is 16.1 Å². The van der Waals surface area contributed by atoms with Gasteiger partial charge in [-0.25, -0.2) is 8.78 Å². The number of carbonyl (C=O) groups is 2. The molecule has 0 radical (unpaired) electrons. The third-order valence-electron chi connectivity index (χ3n) is 4.45. The van der Waals surface area contributed by atoms with E-state index in [0.29, 0.717) is 13.1 Å². The van der Waals surface area contributed by atoms with Crippen LogP contribution in [0.2, 0.25) is 0 Å². The summed E-state index contributed by atoms with van der Waals surface area (Å²) in [7, 11) is 2.86. The monoisotopic (exact) mass is 310 g/mol. The molecule has 22 heavy (non-hydrogen) atoms. The lowest BCUT2D eigenvalue weighted by molar-refractivity contribution is -0.138. The first-order valence-corrected chi connectivity index (χ1v) is 6.98. The van der Waals surface area contributed by atoms with E-state index in [9.17, 15) is 18.4 Å². The van der Waals surface area contributed by atoms with Crippen LogP contribution in [0.1, 0.15) is 5.56 Å². The van der Waals surface area contributed by atoms with Crippen molar-refractivity contribution < 1.29 is 23.1 Å². The number of benzene rings is 1. The summed E-state index contributed by atoms with van der Waals surface area (Å²) in [5.74, 6) is -2.83. The number of fused-ring (bicyclic) bond motifs is 1. The van der Waals surface area contributed by atoms with Gasteiger partial charge in [-0.3, -0.25) is 19.4 Å². The van der Waals surface area contributed by atoms with E-state index in [-0.39, 0.29) is 41.5 Å². The predicted molar refractivity (Wildman–Crippen MR) is 72.9 cm³/mol. The number of hydrogen-bond donors (Lipinski definition) is 0. The molecule has 0 aromatic heterocycles. The van der Waals surface area contributed by atoms with E-state index in [4.69, 9.17) is 4.74 Å². The molecule has 3 rings (SSSR count). The number of nitrogens with zero attached hydrogens (tertiary/aromatic N) is 2. The SMILES string of the molecule is COc1ccc(F)c(F)c1CN1C[C@@H]2C(=O)N(C)C(=O)[C@@H]2C1. The summed E-state index contributed by atoms with van der Waals surface area (Å²) in [6, 6.07) is 2.38. The van der Waals surface area contributed by atoms with E-state index in [1.165, 1.54) is 20.2 Å². The van der Waals surface area contributed by atoms with Crippen LogP contribution in [0.15, 0.2) is 12.1 Å². The normalized spacial score (nSPS) is 25.0. The van der Waals surface area contributed by atoms with Crippen LogP contribution >= 0.6 is 0 Å². The number of halogens is 2. The van der Waals surface area contributed by atoms with Crippen molar-refractivity contribution in [2.45, 2.75) is 6.54 Å². The van der Waals surface area contributed by atoms with Crippen LogP contribution in [0, 0.1) is 23.5 Å². The number of hydrogen-bond acceptors (Lipinski definition) is 4. The van der Waals surface area contributed by atoms with Crippen LogP contribution in [0.4, 0.5) is 8.78 Å². The van der Waals surface area contributed by atoms with Gasteiger partial charge in [0.2, 0.25) is 11.8 Å². The third-order valence-corrected chi connectivity index (χ3v) is 4.45. The summed E-state index contributed by atoms with van der Waals surface area (Å²) in [6.45, 7) is 0.821. The molecule has 2 atom stereocenters. The van der Waals surface area contributed by atoms with Gasteiger partial charge >= 0.3 is 0 Å². The largest absolute Gasteiger partial charge is 0.496 e. The lowest BCUT2D eigenvalue weighted by Gasteiger charge is -2.20. The van der Waals surface area contributed by atoms with Crippen LogP contribution in [0.25, 0.3) is 0 Å². The number of carbonyl (C=O) groups excluding carboxylic acids is 2. The maximum Gasteiger partial charge on any atom is 0.234 e. The number of amides is 2. The van der Waals surface area contributed by atoms with Crippen molar-refractivity contribution in [1.82, 2.24) is 9.80 Å². The summed E-state index contributed by atoms with van der Waals surface area (Å²) in [6.07, 6.45) is 0. The Balaban J connectivity index is 1.81. The quantitative estimate of drug-likeness (QED) is 0.782. The molecule has 2 heterocycles. The zero-order valence-corrected chi connectivity index (χ0v) is 12.3. The molecule has 0 bridgehead atoms. The maximum atomic E-state index is 14.0. The van der Waals surface area contributed by atoms with Gasteiger partial charge in [0, 0.05) is 32.2 Å². The molecule has 0 saturated carbocycles. The standard InChI is InChI=1S/C15H16F2N2O3/c1-18-14(20)8-5-19(6-9(8)15(18)21)7-10-12(22-2)4-3-11(16)13(10)17/h3-4,8-9H,5-7H2,1-2H3/t8-,9+. The molecule has 2 fully saturated rings. The number of ether oxygens (including phenoxy) is 1. The minimum absolute atomic E-state index is 0.101. The van der Waals surface area contributed by atoms with Gasteiger partial charge in [-0.1, -0.05) is 0 Å². The van der Waals surface area contributed by atoms with Crippen molar-refractivity contribution in [3.63, 3.8) is 0 Å². The highest BCUT2D eigenvalue weighted by molar-refractivity contribution is 6.05. The molecule has 0 spiro atoms. The summed E-state index contributed by atoms with van der Waals surface area (Å²) >= 11 is 0. The van der Waals surface area contributed by atoms with Crippen molar-refractivity contribution in [3.8, 4) is 5.75 Å². The first-order chi connectivity index (χ1) is 10.4. The van der Waals surface area contributed by atoms with E-state index >= 15 is 0 Å². The van der Waals surface area contributed by atoms with E-state index in [0.717, 1.165) is 11.0 Å². The molecule has 1 aromatic carbocycles. The van der Waals surface area contributed by atoms with Crippen molar-refractivity contribution in [2.24, 2.45) is 11.8 Å². The molecule has 7 heteroatoms. The lowest BCUT2D eigenvalue weighted by atomic mass is 10.00. The Kier molecular flexibility index (Phi) is 3.60. The van der Waals surface area contributed by atoms with Crippen molar-refractivity contribution in [1.29, 1.82) is 0 Å². The summed E-state index contributed by atoms with van der Waals surface area (Å²) in [4.78, 5) is 26.9. The molecule has 2 aliphatic heterocycles. The average Bonchev–Trinajstić information content (AvgIpc) is 3.00. The third kappa shape index (κ3) is 2.16. The Morgan fingerprint density at radius 3 is 2.32 bits per heavy atom. The minimum Gasteiger partial charge on any atom is -0.496 e. The van der Waals surface area contributed by atoms with Crippen molar-refractivity contribution >= 4 is 11.8 Å². The molecule has 5 nitrogen and oxygen atoms in total. The molecule has 1 aromatic rings. The molecule has 2 amide bonds. The van der Waals surface area contributed by atoms with Gasteiger partial charge in [0.1, 0.15) is 5.75 Å². The second-order valence-corrected chi connectivity index (χ2v) is 5.68. The molecule has 0 unspecified atom stereocenters. The molecular weight excluding hydrogens is 294 g/mol. The zero-order chi connectivity index (χ0) is 16.0. The zero-order valence-electron chi connectivity index (χ0n) is 12.3. The Morgan fingerprint density at radius 2 is 1.77 bits per heavy atom. The number of imide groups is 1. The van der Waals surface area contributed by atoms with E-state index in [1.54, 1.807) is 4.90 Å². The molecule has 2 aliphatic rings. The first-order valence-electron chi connectivity index (χ1n) is 6.98. The Bertz CT molecular complexity index is 626. The molecular formula is C15H16F2N2O3. The van der Waals surface area contributed by atoms with E-state index < -0.39 is 11.6 Å².